The Kier molecular flexibility index (Phi) is 5.57. The van der Waals surface area contributed by atoms with Gasteiger partial charge < -0.3 is 10.6 Å². The van der Waals surface area contributed by atoms with Crippen LogP contribution in [-0.2, 0) is 16.4 Å². The van der Waals surface area contributed by atoms with Gasteiger partial charge in [0.1, 0.15) is 9.84 Å². The van der Waals surface area contributed by atoms with Gasteiger partial charge in [-0.3, -0.25) is 4.79 Å². The van der Waals surface area contributed by atoms with E-state index in [1.807, 2.05) is 23.6 Å². The molecule has 0 bridgehead atoms. The SMILES string of the molecule is CS(=O)(=O)CCNC(=O)c1cccc(NCc2cccs2)c1. The van der Waals surface area contributed by atoms with E-state index in [4.69, 9.17) is 0 Å². The predicted molar refractivity (Wildman–Crippen MR) is 90.1 cm³/mol. The van der Waals surface area contributed by atoms with Crippen molar-refractivity contribution in [1.82, 2.24) is 5.32 Å². The minimum Gasteiger partial charge on any atom is -0.380 e. The van der Waals surface area contributed by atoms with E-state index in [1.165, 1.54) is 4.88 Å². The molecule has 0 aliphatic carbocycles. The van der Waals surface area contributed by atoms with Gasteiger partial charge in [0.25, 0.3) is 5.91 Å². The molecule has 5 nitrogen and oxygen atoms in total. The third-order valence-corrected chi connectivity index (χ3v) is 4.75. The number of benzene rings is 1. The van der Waals surface area contributed by atoms with E-state index in [1.54, 1.807) is 29.5 Å². The molecule has 118 valence electrons. The number of carbonyl (C=O) groups excluding carboxylic acids is 1. The number of anilines is 1. The first kappa shape index (κ1) is 16.5. The summed E-state index contributed by atoms with van der Waals surface area (Å²) in [5.41, 5.74) is 1.36. The van der Waals surface area contributed by atoms with Crippen molar-refractivity contribution in [2.45, 2.75) is 6.54 Å². The van der Waals surface area contributed by atoms with Crippen LogP contribution in [0, 0.1) is 0 Å². The van der Waals surface area contributed by atoms with E-state index >= 15 is 0 Å². The van der Waals surface area contributed by atoms with Gasteiger partial charge in [-0.15, -0.1) is 11.3 Å². The number of sulfone groups is 1. The average molecular weight is 338 g/mol. The number of carbonyl (C=O) groups is 1. The van der Waals surface area contributed by atoms with E-state index in [2.05, 4.69) is 10.6 Å². The summed E-state index contributed by atoms with van der Waals surface area (Å²) in [4.78, 5) is 13.2. The Balaban J connectivity index is 1.91. The minimum atomic E-state index is -3.07. The molecule has 22 heavy (non-hydrogen) atoms. The monoisotopic (exact) mass is 338 g/mol. The molecule has 0 aliphatic heterocycles. The Bertz CT molecular complexity index is 725. The molecular weight excluding hydrogens is 320 g/mol. The zero-order valence-electron chi connectivity index (χ0n) is 12.2. The molecule has 7 heteroatoms. The third-order valence-electron chi connectivity index (χ3n) is 2.93. The maximum atomic E-state index is 12.0. The summed E-state index contributed by atoms with van der Waals surface area (Å²) in [7, 11) is -3.07. The first-order chi connectivity index (χ1) is 10.4. The van der Waals surface area contributed by atoms with Gasteiger partial charge >= 0.3 is 0 Å². The van der Waals surface area contributed by atoms with Crippen molar-refractivity contribution >= 4 is 32.8 Å². The van der Waals surface area contributed by atoms with Crippen molar-refractivity contribution in [3.05, 3.63) is 52.2 Å². The molecule has 0 aliphatic rings. The van der Waals surface area contributed by atoms with Gasteiger partial charge in [-0.2, -0.15) is 0 Å². The van der Waals surface area contributed by atoms with Crippen molar-refractivity contribution in [3.63, 3.8) is 0 Å². The molecule has 1 aromatic heterocycles. The van der Waals surface area contributed by atoms with E-state index in [0.29, 0.717) is 12.1 Å². The molecule has 2 rings (SSSR count). The first-order valence-corrected chi connectivity index (χ1v) is 9.70. The molecule has 0 saturated heterocycles. The molecule has 0 unspecified atom stereocenters. The van der Waals surface area contributed by atoms with Gasteiger partial charge in [0.05, 0.1) is 5.75 Å². The Hall–Kier alpha value is -1.86. The molecule has 1 heterocycles. The van der Waals surface area contributed by atoms with Gasteiger partial charge in [-0.1, -0.05) is 12.1 Å². The van der Waals surface area contributed by atoms with Crippen LogP contribution in [0.3, 0.4) is 0 Å². The van der Waals surface area contributed by atoms with Crippen molar-refractivity contribution in [2.24, 2.45) is 0 Å². The van der Waals surface area contributed by atoms with Crippen LogP contribution < -0.4 is 10.6 Å². The molecule has 1 aromatic carbocycles. The lowest BCUT2D eigenvalue weighted by Crippen LogP contribution is -2.28. The fourth-order valence-corrected chi connectivity index (χ4v) is 2.94. The Morgan fingerprint density at radius 3 is 2.73 bits per heavy atom. The number of rotatable bonds is 7. The van der Waals surface area contributed by atoms with E-state index in [-0.39, 0.29) is 18.2 Å². The zero-order valence-corrected chi connectivity index (χ0v) is 13.8. The van der Waals surface area contributed by atoms with Gasteiger partial charge in [-0.25, -0.2) is 8.42 Å². The van der Waals surface area contributed by atoms with Crippen molar-refractivity contribution in [1.29, 1.82) is 0 Å². The summed E-state index contributed by atoms with van der Waals surface area (Å²) in [6.07, 6.45) is 1.15. The lowest BCUT2D eigenvalue weighted by atomic mass is 10.2. The number of nitrogens with one attached hydrogen (secondary N) is 2. The highest BCUT2D eigenvalue weighted by Gasteiger charge is 2.08. The smallest absolute Gasteiger partial charge is 0.251 e. The molecule has 2 N–H and O–H groups in total. The van der Waals surface area contributed by atoms with E-state index in [9.17, 15) is 13.2 Å². The second-order valence-corrected chi connectivity index (χ2v) is 8.19. The zero-order chi connectivity index (χ0) is 16.0. The highest BCUT2D eigenvalue weighted by molar-refractivity contribution is 7.90. The normalized spacial score (nSPS) is 11.1. The highest BCUT2D eigenvalue weighted by Crippen LogP contribution is 2.14. The first-order valence-electron chi connectivity index (χ1n) is 6.76. The van der Waals surface area contributed by atoms with Crippen LogP contribution in [0.15, 0.2) is 41.8 Å². The van der Waals surface area contributed by atoms with Gasteiger partial charge in [0.15, 0.2) is 0 Å². The minimum absolute atomic E-state index is 0.0605. The largest absolute Gasteiger partial charge is 0.380 e. The lowest BCUT2D eigenvalue weighted by molar-refractivity contribution is 0.0956. The fourth-order valence-electron chi connectivity index (χ4n) is 1.82. The number of hydrogen-bond acceptors (Lipinski definition) is 5. The van der Waals surface area contributed by atoms with Gasteiger partial charge in [-0.05, 0) is 29.6 Å². The second-order valence-electron chi connectivity index (χ2n) is 4.90. The Morgan fingerprint density at radius 2 is 2.05 bits per heavy atom. The fraction of sp³-hybridized carbons (Fsp3) is 0.267. The number of thiophene rings is 1. The average Bonchev–Trinajstić information content (AvgIpc) is 2.97. The van der Waals surface area contributed by atoms with E-state index in [0.717, 1.165) is 11.9 Å². The predicted octanol–water partition coefficient (Wildman–Crippen LogP) is 2.13. The van der Waals surface area contributed by atoms with Crippen LogP contribution >= 0.6 is 11.3 Å². The molecule has 0 spiro atoms. The summed E-state index contributed by atoms with van der Waals surface area (Å²) < 4.78 is 22.1. The number of hydrogen-bond donors (Lipinski definition) is 2. The van der Waals surface area contributed by atoms with Crippen LogP contribution in [0.5, 0.6) is 0 Å². The maximum absolute atomic E-state index is 12.0. The van der Waals surface area contributed by atoms with Crippen molar-refractivity contribution in [3.8, 4) is 0 Å². The van der Waals surface area contributed by atoms with Crippen molar-refractivity contribution in [2.75, 3.05) is 23.9 Å². The standard InChI is InChI=1S/C15H18N2O3S2/c1-22(19,20)9-7-16-15(18)12-4-2-5-13(10-12)17-11-14-6-3-8-21-14/h2-6,8,10,17H,7,9,11H2,1H3,(H,16,18). The summed E-state index contributed by atoms with van der Waals surface area (Å²) in [6.45, 7) is 0.821. The van der Waals surface area contributed by atoms with Crippen LogP contribution in [0.2, 0.25) is 0 Å². The molecule has 1 amide bonds. The molecule has 2 aromatic rings. The van der Waals surface area contributed by atoms with E-state index < -0.39 is 9.84 Å². The summed E-state index contributed by atoms with van der Waals surface area (Å²) >= 11 is 1.67. The second kappa shape index (κ2) is 7.42. The van der Waals surface area contributed by atoms with Crippen LogP contribution in [0.4, 0.5) is 5.69 Å². The van der Waals surface area contributed by atoms with Gasteiger partial charge in [0.2, 0.25) is 0 Å². The maximum Gasteiger partial charge on any atom is 0.251 e. The molecule has 0 fully saturated rings. The quantitative estimate of drug-likeness (QED) is 0.811. The van der Waals surface area contributed by atoms with Crippen LogP contribution in [0.25, 0.3) is 0 Å². The van der Waals surface area contributed by atoms with Crippen molar-refractivity contribution < 1.29 is 13.2 Å². The Labute approximate surface area is 134 Å². The van der Waals surface area contributed by atoms with Gasteiger partial charge in [0, 0.05) is 35.5 Å². The lowest BCUT2D eigenvalue weighted by Gasteiger charge is -2.08. The Morgan fingerprint density at radius 1 is 1.23 bits per heavy atom. The molecule has 0 saturated carbocycles. The topological polar surface area (TPSA) is 75.3 Å². The van der Waals surface area contributed by atoms with Crippen LogP contribution in [0.1, 0.15) is 15.2 Å². The van der Waals surface area contributed by atoms with Crippen LogP contribution in [-0.4, -0.2) is 32.9 Å². The summed E-state index contributed by atoms with van der Waals surface area (Å²) in [5, 5.41) is 7.88. The highest BCUT2D eigenvalue weighted by atomic mass is 32.2. The summed E-state index contributed by atoms with van der Waals surface area (Å²) in [6, 6.07) is 11.2. The number of amides is 1. The molecular formula is C15H18N2O3S2. The summed E-state index contributed by atoms with van der Waals surface area (Å²) in [5.74, 6) is -0.335. The molecule has 0 atom stereocenters. The molecule has 0 radical (unpaired) electrons. The third kappa shape index (κ3) is 5.50.